The summed E-state index contributed by atoms with van der Waals surface area (Å²) >= 11 is 0. The predicted octanol–water partition coefficient (Wildman–Crippen LogP) is 1.73. The van der Waals surface area contributed by atoms with E-state index >= 15 is 0 Å². The lowest BCUT2D eigenvalue weighted by molar-refractivity contribution is -0.180. The molecular formula is C12H16F2N2O2. The van der Waals surface area contributed by atoms with Gasteiger partial charge in [0.15, 0.2) is 6.10 Å². The Labute approximate surface area is 104 Å². The van der Waals surface area contributed by atoms with Crippen LogP contribution in [0.15, 0.2) is 18.5 Å². The summed E-state index contributed by atoms with van der Waals surface area (Å²) in [6.07, 6.45) is 2.09. The summed E-state index contributed by atoms with van der Waals surface area (Å²) in [4.78, 5) is 3.88. The minimum Gasteiger partial charge on any atom is -0.489 e. The van der Waals surface area contributed by atoms with Gasteiger partial charge in [-0.05, 0) is 12.5 Å². The second-order valence-corrected chi connectivity index (χ2v) is 4.22. The number of nitrogens with zero attached hydrogens (tertiary/aromatic N) is 1. The zero-order valence-electron chi connectivity index (χ0n) is 9.94. The summed E-state index contributed by atoms with van der Waals surface area (Å²) < 4.78 is 37.4. The van der Waals surface area contributed by atoms with Gasteiger partial charge in [-0.1, -0.05) is 0 Å². The highest BCUT2D eigenvalue weighted by Crippen LogP contribution is 2.31. The summed E-state index contributed by atoms with van der Waals surface area (Å²) in [5.41, 5.74) is 6.27. The van der Waals surface area contributed by atoms with E-state index in [1.165, 1.54) is 6.20 Å². The molecule has 0 aromatic carbocycles. The van der Waals surface area contributed by atoms with E-state index in [1.807, 2.05) is 0 Å². The Morgan fingerprint density at radius 1 is 1.56 bits per heavy atom. The average molecular weight is 258 g/mol. The first-order valence-electron chi connectivity index (χ1n) is 5.88. The number of alkyl halides is 2. The van der Waals surface area contributed by atoms with Crippen molar-refractivity contribution in [3.8, 4) is 5.75 Å². The first-order valence-corrected chi connectivity index (χ1v) is 5.88. The second kappa shape index (κ2) is 5.58. The Kier molecular flexibility index (Phi) is 4.08. The van der Waals surface area contributed by atoms with Gasteiger partial charge in [-0.2, -0.15) is 0 Å². The molecule has 1 saturated heterocycles. The lowest BCUT2D eigenvalue weighted by Gasteiger charge is -2.31. The van der Waals surface area contributed by atoms with Crippen molar-refractivity contribution in [1.82, 2.24) is 4.98 Å². The van der Waals surface area contributed by atoms with Crippen LogP contribution in [0.2, 0.25) is 0 Å². The Morgan fingerprint density at radius 3 is 3.11 bits per heavy atom. The molecule has 1 aromatic rings. The molecule has 2 heterocycles. The molecular weight excluding hydrogens is 242 g/mol. The van der Waals surface area contributed by atoms with Crippen LogP contribution in [0, 0.1) is 0 Å². The second-order valence-electron chi connectivity index (χ2n) is 4.22. The van der Waals surface area contributed by atoms with Gasteiger partial charge in [0.05, 0.1) is 6.20 Å². The van der Waals surface area contributed by atoms with Crippen LogP contribution in [-0.4, -0.2) is 30.2 Å². The number of halogens is 2. The minimum absolute atomic E-state index is 0.155. The molecule has 1 unspecified atom stereocenters. The number of rotatable bonds is 4. The summed E-state index contributed by atoms with van der Waals surface area (Å²) in [5.74, 6) is -2.39. The SMILES string of the molecule is NCc1ccncc1OCC1OCCCC1(F)F. The number of ether oxygens (including phenoxy) is 2. The van der Waals surface area contributed by atoms with Crippen LogP contribution < -0.4 is 10.5 Å². The molecule has 1 atom stereocenters. The molecule has 0 amide bonds. The van der Waals surface area contributed by atoms with Gasteiger partial charge >= 0.3 is 0 Å². The highest BCUT2D eigenvalue weighted by Gasteiger charge is 2.43. The summed E-state index contributed by atoms with van der Waals surface area (Å²) in [6, 6.07) is 1.70. The molecule has 0 aliphatic carbocycles. The fourth-order valence-corrected chi connectivity index (χ4v) is 1.86. The van der Waals surface area contributed by atoms with Gasteiger partial charge in [-0.3, -0.25) is 4.98 Å². The topological polar surface area (TPSA) is 57.4 Å². The van der Waals surface area contributed by atoms with E-state index < -0.39 is 12.0 Å². The molecule has 0 bridgehead atoms. The van der Waals surface area contributed by atoms with E-state index in [0.29, 0.717) is 18.8 Å². The Hall–Kier alpha value is -1.27. The smallest absolute Gasteiger partial charge is 0.277 e. The molecule has 0 radical (unpaired) electrons. The largest absolute Gasteiger partial charge is 0.489 e. The van der Waals surface area contributed by atoms with E-state index in [4.69, 9.17) is 15.2 Å². The molecule has 0 saturated carbocycles. The zero-order valence-corrected chi connectivity index (χ0v) is 9.94. The normalized spacial score (nSPS) is 22.7. The third kappa shape index (κ3) is 2.94. The third-order valence-electron chi connectivity index (χ3n) is 2.92. The monoisotopic (exact) mass is 258 g/mol. The van der Waals surface area contributed by atoms with E-state index in [1.54, 1.807) is 12.3 Å². The molecule has 1 aromatic heterocycles. The van der Waals surface area contributed by atoms with E-state index in [9.17, 15) is 8.78 Å². The van der Waals surface area contributed by atoms with Crippen LogP contribution in [0.5, 0.6) is 5.75 Å². The summed E-state index contributed by atoms with van der Waals surface area (Å²) in [7, 11) is 0. The van der Waals surface area contributed by atoms with Crippen LogP contribution in [0.3, 0.4) is 0 Å². The van der Waals surface area contributed by atoms with Crippen LogP contribution in [0.1, 0.15) is 18.4 Å². The fourth-order valence-electron chi connectivity index (χ4n) is 1.86. The number of pyridine rings is 1. The van der Waals surface area contributed by atoms with Gasteiger partial charge in [0.25, 0.3) is 5.92 Å². The van der Waals surface area contributed by atoms with Gasteiger partial charge < -0.3 is 15.2 Å². The third-order valence-corrected chi connectivity index (χ3v) is 2.92. The van der Waals surface area contributed by atoms with Crippen LogP contribution in [-0.2, 0) is 11.3 Å². The fraction of sp³-hybridized carbons (Fsp3) is 0.583. The van der Waals surface area contributed by atoms with Crippen molar-refractivity contribution >= 4 is 0 Å². The van der Waals surface area contributed by atoms with Gasteiger partial charge in [0.1, 0.15) is 12.4 Å². The molecule has 2 N–H and O–H groups in total. The first kappa shape index (κ1) is 13.2. The van der Waals surface area contributed by atoms with Crippen molar-refractivity contribution < 1.29 is 18.3 Å². The number of aromatic nitrogens is 1. The predicted molar refractivity (Wildman–Crippen MR) is 61.5 cm³/mol. The summed E-state index contributed by atoms with van der Waals surface area (Å²) in [6.45, 7) is 0.436. The van der Waals surface area contributed by atoms with Gasteiger partial charge in [0.2, 0.25) is 0 Å². The zero-order chi connectivity index (χ0) is 13.0. The lowest BCUT2D eigenvalue weighted by atomic mass is 10.1. The van der Waals surface area contributed by atoms with E-state index in [2.05, 4.69) is 4.98 Å². The maximum absolute atomic E-state index is 13.5. The number of hydrogen-bond donors (Lipinski definition) is 1. The van der Waals surface area contributed by atoms with Crippen LogP contribution in [0.4, 0.5) is 8.78 Å². The molecule has 1 fully saturated rings. The van der Waals surface area contributed by atoms with Crippen molar-refractivity contribution in [2.75, 3.05) is 13.2 Å². The lowest BCUT2D eigenvalue weighted by Crippen LogP contribution is -2.44. The molecule has 18 heavy (non-hydrogen) atoms. The quantitative estimate of drug-likeness (QED) is 0.893. The Balaban J connectivity index is 1.98. The van der Waals surface area contributed by atoms with E-state index in [0.717, 1.165) is 5.56 Å². The molecule has 1 aliphatic heterocycles. The molecule has 1 aliphatic rings. The van der Waals surface area contributed by atoms with Gasteiger partial charge in [-0.25, -0.2) is 8.78 Å². The maximum atomic E-state index is 13.5. The highest BCUT2D eigenvalue weighted by atomic mass is 19.3. The number of nitrogens with two attached hydrogens (primary N) is 1. The highest BCUT2D eigenvalue weighted by molar-refractivity contribution is 5.29. The molecule has 0 spiro atoms. The number of hydrogen-bond acceptors (Lipinski definition) is 4. The molecule has 4 nitrogen and oxygen atoms in total. The van der Waals surface area contributed by atoms with Crippen molar-refractivity contribution in [3.63, 3.8) is 0 Å². The van der Waals surface area contributed by atoms with Crippen molar-refractivity contribution in [1.29, 1.82) is 0 Å². The summed E-state index contributed by atoms with van der Waals surface area (Å²) in [5, 5.41) is 0. The molecule has 6 heteroatoms. The molecule has 2 rings (SSSR count). The maximum Gasteiger partial charge on any atom is 0.277 e. The van der Waals surface area contributed by atoms with E-state index in [-0.39, 0.29) is 19.6 Å². The van der Waals surface area contributed by atoms with Crippen molar-refractivity contribution in [2.24, 2.45) is 5.73 Å². The molecule has 100 valence electrons. The minimum atomic E-state index is -2.83. The van der Waals surface area contributed by atoms with Crippen molar-refractivity contribution in [3.05, 3.63) is 24.0 Å². The average Bonchev–Trinajstić information content (AvgIpc) is 2.37. The van der Waals surface area contributed by atoms with Crippen LogP contribution in [0.25, 0.3) is 0 Å². The van der Waals surface area contributed by atoms with Gasteiger partial charge in [0, 0.05) is 31.3 Å². The van der Waals surface area contributed by atoms with Crippen molar-refractivity contribution in [2.45, 2.75) is 31.4 Å². The standard InChI is InChI=1S/C12H16F2N2O2/c13-12(14)3-1-5-17-11(12)8-18-10-7-16-4-2-9(10)6-15/h2,4,7,11H,1,3,5-6,8,15H2. The Bertz CT molecular complexity index is 401. The Morgan fingerprint density at radius 2 is 2.39 bits per heavy atom. The van der Waals surface area contributed by atoms with Crippen LogP contribution >= 0.6 is 0 Å². The first-order chi connectivity index (χ1) is 8.63. The van der Waals surface area contributed by atoms with Gasteiger partial charge in [-0.15, -0.1) is 0 Å².